The Morgan fingerprint density at radius 3 is 2.15 bits per heavy atom. The van der Waals surface area contributed by atoms with Crippen LogP contribution in [0.15, 0.2) is 23.1 Å². The highest BCUT2D eigenvalue weighted by atomic mass is 32.2. The maximum absolute atomic E-state index is 12.9. The SMILES string of the molecule is CC(=O)N[C@@H](C(=O)N1CCN(S(=O)(=O)c2ccc(C)cc2C)CC1)C(C)C. The highest BCUT2D eigenvalue weighted by Gasteiger charge is 2.34. The Bertz CT molecular complexity index is 812. The molecule has 0 bridgehead atoms. The zero-order valence-corrected chi connectivity index (χ0v) is 17.5. The van der Waals surface area contributed by atoms with Gasteiger partial charge in [0.25, 0.3) is 0 Å². The standard InChI is InChI=1S/C19H29N3O4S/c1-13(2)18(20-16(5)23)19(24)21-8-10-22(11-9-21)27(25,26)17-7-6-14(3)12-15(17)4/h6-7,12-13,18H,8-11H2,1-5H3,(H,20,23)/t18-/m1/s1. The first-order valence-electron chi connectivity index (χ1n) is 9.17. The van der Waals surface area contributed by atoms with Gasteiger partial charge in [-0.05, 0) is 31.4 Å². The van der Waals surface area contributed by atoms with Crippen LogP contribution < -0.4 is 5.32 Å². The Kier molecular flexibility index (Phi) is 6.64. The van der Waals surface area contributed by atoms with E-state index in [1.807, 2.05) is 26.8 Å². The van der Waals surface area contributed by atoms with Crippen molar-refractivity contribution in [2.75, 3.05) is 26.2 Å². The van der Waals surface area contributed by atoms with E-state index < -0.39 is 16.1 Å². The van der Waals surface area contributed by atoms with Crippen molar-refractivity contribution >= 4 is 21.8 Å². The van der Waals surface area contributed by atoms with E-state index in [4.69, 9.17) is 0 Å². The van der Waals surface area contributed by atoms with E-state index in [0.29, 0.717) is 18.0 Å². The number of carbonyl (C=O) groups excluding carboxylic acids is 2. The number of rotatable bonds is 5. The lowest BCUT2D eigenvalue weighted by atomic mass is 10.0. The average molecular weight is 396 g/mol. The zero-order chi connectivity index (χ0) is 20.4. The summed E-state index contributed by atoms with van der Waals surface area (Å²) < 4.78 is 27.3. The van der Waals surface area contributed by atoms with E-state index in [-0.39, 0.29) is 30.8 Å². The topological polar surface area (TPSA) is 86.8 Å². The molecule has 7 nitrogen and oxygen atoms in total. The van der Waals surface area contributed by atoms with Gasteiger partial charge < -0.3 is 10.2 Å². The molecule has 0 aliphatic carbocycles. The Labute approximate surface area is 161 Å². The molecule has 1 saturated heterocycles. The van der Waals surface area contributed by atoms with E-state index in [1.165, 1.54) is 11.2 Å². The van der Waals surface area contributed by atoms with Gasteiger partial charge in [-0.3, -0.25) is 9.59 Å². The lowest BCUT2D eigenvalue weighted by molar-refractivity contribution is -0.138. The van der Waals surface area contributed by atoms with Crippen LogP contribution in [0.5, 0.6) is 0 Å². The first kappa shape index (κ1) is 21.4. The van der Waals surface area contributed by atoms with Crippen molar-refractivity contribution in [3.05, 3.63) is 29.3 Å². The monoisotopic (exact) mass is 395 g/mol. The highest BCUT2D eigenvalue weighted by molar-refractivity contribution is 7.89. The summed E-state index contributed by atoms with van der Waals surface area (Å²) >= 11 is 0. The fourth-order valence-corrected chi connectivity index (χ4v) is 4.93. The first-order chi connectivity index (χ1) is 12.5. The largest absolute Gasteiger partial charge is 0.344 e. The molecule has 2 amide bonds. The number of sulfonamides is 1. The second-order valence-corrected chi connectivity index (χ2v) is 9.33. The zero-order valence-electron chi connectivity index (χ0n) is 16.7. The predicted octanol–water partition coefficient (Wildman–Crippen LogP) is 1.30. The molecule has 0 radical (unpaired) electrons. The highest BCUT2D eigenvalue weighted by Crippen LogP contribution is 2.22. The van der Waals surface area contributed by atoms with Crippen molar-refractivity contribution in [3.63, 3.8) is 0 Å². The van der Waals surface area contributed by atoms with Crippen molar-refractivity contribution in [3.8, 4) is 0 Å². The van der Waals surface area contributed by atoms with Crippen LogP contribution >= 0.6 is 0 Å². The van der Waals surface area contributed by atoms with Crippen molar-refractivity contribution < 1.29 is 18.0 Å². The molecule has 0 spiro atoms. The van der Waals surface area contributed by atoms with Crippen LogP contribution in [0.25, 0.3) is 0 Å². The van der Waals surface area contributed by atoms with Gasteiger partial charge in [-0.25, -0.2) is 8.42 Å². The van der Waals surface area contributed by atoms with Gasteiger partial charge in [0.2, 0.25) is 21.8 Å². The van der Waals surface area contributed by atoms with Crippen molar-refractivity contribution in [1.29, 1.82) is 0 Å². The fourth-order valence-electron chi connectivity index (χ4n) is 3.31. The third-order valence-corrected chi connectivity index (χ3v) is 6.85. The second-order valence-electron chi connectivity index (χ2n) is 7.42. The molecule has 150 valence electrons. The average Bonchev–Trinajstić information content (AvgIpc) is 2.58. The minimum Gasteiger partial charge on any atom is -0.344 e. The molecule has 27 heavy (non-hydrogen) atoms. The number of amides is 2. The Morgan fingerprint density at radius 2 is 1.67 bits per heavy atom. The molecular weight excluding hydrogens is 366 g/mol. The molecule has 0 aromatic heterocycles. The van der Waals surface area contributed by atoms with E-state index in [0.717, 1.165) is 11.1 Å². The van der Waals surface area contributed by atoms with Crippen LogP contribution in [0, 0.1) is 19.8 Å². The first-order valence-corrected chi connectivity index (χ1v) is 10.6. The lowest BCUT2D eigenvalue weighted by Gasteiger charge is -2.36. The van der Waals surface area contributed by atoms with Crippen LogP contribution in [0.3, 0.4) is 0 Å². The third-order valence-electron chi connectivity index (χ3n) is 4.79. The van der Waals surface area contributed by atoms with Gasteiger partial charge in [-0.15, -0.1) is 0 Å². The summed E-state index contributed by atoms with van der Waals surface area (Å²) in [5, 5.41) is 2.69. The molecule has 8 heteroatoms. The molecule has 0 saturated carbocycles. The number of hydrogen-bond acceptors (Lipinski definition) is 4. The number of benzene rings is 1. The van der Waals surface area contributed by atoms with E-state index in [2.05, 4.69) is 5.32 Å². The maximum atomic E-state index is 12.9. The van der Waals surface area contributed by atoms with Crippen LogP contribution in [0.4, 0.5) is 0 Å². The summed E-state index contributed by atoms with van der Waals surface area (Å²) in [6.07, 6.45) is 0. The fraction of sp³-hybridized carbons (Fsp3) is 0.579. The van der Waals surface area contributed by atoms with Gasteiger partial charge >= 0.3 is 0 Å². The Hall–Kier alpha value is -1.93. The summed E-state index contributed by atoms with van der Waals surface area (Å²) in [7, 11) is -3.59. The normalized spacial score (nSPS) is 17.0. The van der Waals surface area contributed by atoms with Crippen molar-refractivity contribution in [1.82, 2.24) is 14.5 Å². The molecule has 1 aliphatic rings. The Morgan fingerprint density at radius 1 is 1.07 bits per heavy atom. The summed E-state index contributed by atoms with van der Waals surface area (Å²) in [4.78, 5) is 26.1. The van der Waals surface area contributed by atoms with Gasteiger partial charge in [0.1, 0.15) is 6.04 Å². The maximum Gasteiger partial charge on any atom is 0.245 e. The minimum absolute atomic E-state index is 0.0432. The molecule has 1 aromatic carbocycles. The molecule has 1 aromatic rings. The number of nitrogens with zero attached hydrogens (tertiary/aromatic N) is 2. The second kappa shape index (κ2) is 8.39. The molecular formula is C19H29N3O4S. The number of carbonyl (C=O) groups is 2. The molecule has 1 N–H and O–H groups in total. The van der Waals surface area contributed by atoms with Gasteiger partial charge in [0, 0.05) is 33.1 Å². The summed E-state index contributed by atoms with van der Waals surface area (Å²) in [6, 6.07) is 4.70. The molecule has 2 rings (SSSR count). The molecule has 1 atom stereocenters. The molecule has 1 fully saturated rings. The molecule has 1 aliphatic heterocycles. The van der Waals surface area contributed by atoms with Crippen LogP contribution in [-0.4, -0.2) is 61.7 Å². The summed E-state index contributed by atoms with van der Waals surface area (Å²) in [6.45, 7) is 9.96. The van der Waals surface area contributed by atoms with Crippen LogP contribution in [-0.2, 0) is 19.6 Å². The number of piperazine rings is 1. The van der Waals surface area contributed by atoms with Crippen LogP contribution in [0.2, 0.25) is 0 Å². The van der Waals surface area contributed by atoms with Gasteiger partial charge in [-0.1, -0.05) is 31.5 Å². The smallest absolute Gasteiger partial charge is 0.245 e. The summed E-state index contributed by atoms with van der Waals surface area (Å²) in [5.74, 6) is -0.458. The number of hydrogen-bond donors (Lipinski definition) is 1. The minimum atomic E-state index is -3.59. The van der Waals surface area contributed by atoms with E-state index in [1.54, 1.807) is 24.0 Å². The third kappa shape index (κ3) is 4.87. The van der Waals surface area contributed by atoms with E-state index in [9.17, 15) is 18.0 Å². The number of nitrogens with one attached hydrogen (secondary N) is 1. The Balaban J connectivity index is 2.09. The lowest BCUT2D eigenvalue weighted by Crippen LogP contribution is -2.56. The van der Waals surface area contributed by atoms with Crippen molar-refractivity contribution in [2.24, 2.45) is 5.92 Å². The van der Waals surface area contributed by atoms with Gasteiger partial charge in [0.15, 0.2) is 0 Å². The summed E-state index contributed by atoms with van der Waals surface area (Å²) in [5.41, 5.74) is 1.73. The van der Waals surface area contributed by atoms with E-state index >= 15 is 0 Å². The van der Waals surface area contributed by atoms with Gasteiger partial charge in [-0.2, -0.15) is 4.31 Å². The van der Waals surface area contributed by atoms with Crippen molar-refractivity contribution in [2.45, 2.75) is 45.6 Å². The molecule has 1 heterocycles. The molecule has 0 unspecified atom stereocenters. The van der Waals surface area contributed by atoms with Gasteiger partial charge in [0.05, 0.1) is 4.90 Å². The predicted molar refractivity (Wildman–Crippen MR) is 104 cm³/mol. The quantitative estimate of drug-likeness (QED) is 0.814. The number of aryl methyl sites for hydroxylation is 2. The van der Waals surface area contributed by atoms with Crippen LogP contribution in [0.1, 0.15) is 31.9 Å².